The predicted octanol–water partition coefficient (Wildman–Crippen LogP) is 4.28. The highest BCUT2D eigenvalue weighted by molar-refractivity contribution is 7.13. The summed E-state index contributed by atoms with van der Waals surface area (Å²) >= 11 is 7.38. The van der Waals surface area contributed by atoms with Crippen molar-refractivity contribution < 1.29 is 18.8 Å². The number of aromatic nitrogens is 1. The van der Waals surface area contributed by atoms with E-state index in [9.17, 15) is 18.8 Å². The molecule has 1 aliphatic rings. The van der Waals surface area contributed by atoms with E-state index in [1.807, 2.05) is 12.3 Å². The maximum Gasteiger partial charge on any atom is 0.283 e. The number of halogens is 2. The number of nitrogens with zero attached hydrogens (tertiary/aromatic N) is 2. The van der Waals surface area contributed by atoms with Gasteiger partial charge in [-0.05, 0) is 43.3 Å². The third-order valence-corrected chi connectivity index (χ3v) is 5.60. The number of rotatable bonds is 5. The van der Waals surface area contributed by atoms with Crippen LogP contribution in [0.3, 0.4) is 0 Å². The number of carbonyl (C=O) groups is 3. The van der Waals surface area contributed by atoms with Gasteiger partial charge in [-0.25, -0.2) is 14.3 Å². The van der Waals surface area contributed by atoms with Crippen LogP contribution in [0.4, 0.5) is 20.9 Å². The first-order valence-corrected chi connectivity index (χ1v) is 10.2. The Morgan fingerprint density at radius 3 is 2.45 bits per heavy atom. The van der Waals surface area contributed by atoms with Crippen LogP contribution in [0.1, 0.15) is 16.1 Å². The van der Waals surface area contributed by atoms with Gasteiger partial charge in [-0.2, -0.15) is 0 Å². The van der Waals surface area contributed by atoms with Crippen molar-refractivity contribution in [3.63, 3.8) is 0 Å². The Bertz CT molecular complexity index is 1240. The van der Waals surface area contributed by atoms with Gasteiger partial charge in [0.05, 0.1) is 11.4 Å². The van der Waals surface area contributed by atoms with Gasteiger partial charge in [-0.3, -0.25) is 19.7 Å². The molecule has 2 N–H and O–H groups in total. The quantitative estimate of drug-likeness (QED) is 0.559. The first kappa shape index (κ1) is 20.7. The number of nitrogens with one attached hydrogen (secondary N) is 2. The zero-order valence-corrected chi connectivity index (χ0v) is 17.6. The monoisotopic (exact) mass is 456 g/mol. The molecule has 3 aromatic rings. The van der Waals surface area contributed by atoms with Crippen LogP contribution < -0.4 is 15.5 Å². The van der Waals surface area contributed by atoms with Crippen LogP contribution >= 0.6 is 22.9 Å². The summed E-state index contributed by atoms with van der Waals surface area (Å²) in [6.07, 6.45) is 0. The molecule has 4 rings (SSSR count). The second-order valence-electron chi connectivity index (χ2n) is 6.54. The number of anilines is 3. The average molecular weight is 457 g/mol. The molecule has 0 radical (unpaired) electrons. The minimum absolute atomic E-state index is 0.176. The normalized spacial score (nSPS) is 13.7. The van der Waals surface area contributed by atoms with Crippen LogP contribution in [0.15, 0.2) is 64.6 Å². The van der Waals surface area contributed by atoms with E-state index in [2.05, 4.69) is 15.6 Å². The highest BCUT2D eigenvalue weighted by atomic mass is 35.5. The van der Waals surface area contributed by atoms with Crippen molar-refractivity contribution in [2.45, 2.75) is 6.92 Å². The molecule has 2 aromatic carbocycles. The van der Waals surface area contributed by atoms with Gasteiger partial charge in [0.1, 0.15) is 16.5 Å². The van der Waals surface area contributed by atoms with E-state index >= 15 is 0 Å². The topological polar surface area (TPSA) is 91.4 Å². The number of carbonyl (C=O) groups excluding carboxylic acids is 3. The SMILES string of the molecule is Cc1csc(NC(=O)c2ccc(NC3=C(Cl)C(=O)N(c4ccccc4F)C3=O)cc2)n1. The first-order valence-electron chi connectivity index (χ1n) is 8.99. The number of para-hydroxylation sites is 1. The van der Waals surface area contributed by atoms with Gasteiger partial charge in [-0.1, -0.05) is 23.7 Å². The molecule has 156 valence electrons. The fourth-order valence-corrected chi connectivity index (χ4v) is 3.79. The third-order valence-electron chi connectivity index (χ3n) is 4.38. The molecule has 0 bridgehead atoms. The van der Waals surface area contributed by atoms with Crippen LogP contribution in [0.5, 0.6) is 0 Å². The number of imide groups is 1. The average Bonchev–Trinajstić information content (AvgIpc) is 3.25. The Kier molecular flexibility index (Phi) is 5.53. The standard InChI is InChI=1S/C21H14ClFN4O3S/c1-11-10-31-21(24-11)26-18(28)12-6-8-13(9-7-12)25-17-16(22)19(29)27(20(17)30)15-5-3-2-4-14(15)23/h2-10,25H,1H3,(H,24,26,28). The van der Waals surface area contributed by atoms with Crippen LogP contribution in [-0.4, -0.2) is 22.7 Å². The van der Waals surface area contributed by atoms with E-state index < -0.39 is 17.6 Å². The summed E-state index contributed by atoms with van der Waals surface area (Å²) in [5.41, 5.74) is 1.25. The van der Waals surface area contributed by atoms with Gasteiger partial charge in [-0.15, -0.1) is 11.3 Å². The smallest absolute Gasteiger partial charge is 0.283 e. The summed E-state index contributed by atoms with van der Waals surface area (Å²) in [6, 6.07) is 11.6. The van der Waals surface area contributed by atoms with Gasteiger partial charge in [0.25, 0.3) is 17.7 Å². The number of benzene rings is 2. The van der Waals surface area contributed by atoms with Gasteiger partial charge in [0.15, 0.2) is 5.13 Å². The maximum absolute atomic E-state index is 14.1. The Morgan fingerprint density at radius 2 is 1.81 bits per heavy atom. The summed E-state index contributed by atoms with van der Waals surface area (Å²) in [5, 5.41) is 7.44. The van der Waals surface area contributed by atoms with E-state index in [1.165, 1.54) is 29.5 Å². The predicted molar refractivity (Wildman–Crippen MR) is 117 cm³/mol. The van der Waals surface area contributed by atoms with Gasteiger partial charge in [0, 0.05) is 16.6 Å². The minimum Gasteiger partial charge on any atom is -0.350 e. The summed E-state index contributed by atoms with van der Waals surface area (Å²) in [4.78, 5) is 42.3. The molecule has 31 heavy (non-hydrogen) atoms. The lowest BCUT2D eigenvalue weighted by molar-refractivity contribution is -0.120. The Balaban J connectivity index is 1.50. The van der Waals surface area contributed by atoms with E-state index in [0.29, 0.717) is 21.3 Å². The second kappa shape index (κ2) is 8.29. The summed E-state index contributed by atoms with van der Waals surface area (Å²) in [7, 11) is 0. The molecule has 7 nitrogen and oxygen atoms in total. The maximum atomic E-state index is 14.1. The van der Waals surface area contributed by atoms with E-state index in [0.717, 1.165) is 11.8 Å². The van der Waals surface area contributed by atoms with Crippen molar-refractivity contribution in [1.82, 2.24) is 4.98 Å². The molecule has 0 spiro atoms. The molecule has 1 aliphatic heterocycles. The van der Waals surface area contributed by atoms with Gasteiger partial charge in [0.2, 0.25) is 0 Å². The first-order chi connectivity index (χ1) is 14.8. The number of aryl methyl sites for hydroxylation is 1. The largest absolute Gasteiger partial charge is 0.350 e. The lowest BCUT2D eigenvalue weighted by atomic mass is 10.2. The number of thiazole rings is 1. The molecular formula is C21H14ClFN4O3S. The molecular weight excluding hydrogens is 443 g/mol. The highest BCUT2D eigenvalue weighted by Crippen LogP contribution is 2.31. The Labute approximate surface area is 185 Å². The molecule has 1 aromatic heterocycles. The number of hydrogen-bond donors (Lipinski definition) is 2. The van der Waals surface area contributed by atoms with Crippen LogP contribution in [-0.2, 0) is 9.59 Å². The molecule has 0 fully saturated rings. The molecule has 10 heteroatoms. The number of hydrogen-bond acceptors (Lipinski definition) is 6. The van der Waals surface area contributed by atoms with Gasteiger partial charge < -0.3 is 5.32 Å². The van der Waals surface area contributed by atoms with Gasteiger partial charge >= 0.3 is 0 Å². The fraction of sp³-hybridized carbons (Fsp3) is 0.0476. The van der Waals surface area contributed by atoms with E-state index in [4.69, 9.17) is 11.6 Å². The Morgan fingerprint density at radius 1 is 1.10 bits per heavy atom. The van der Waals surface area contributed by atoms with Crippen LogP contribution in [0.2, 0.25) is 0 Å². The molecule has 0 unspecified atom stereocenters. The summed E-state index contributed by atoms with van der Waals surface area (Å²) in [6.45, 7) is 1.83. The lowest BCUT2D eigenvalue weighted by Gasteiger charge is -2.15. The van der Waals surface area contributed by atoms with Crippen molar-refractivity contribution in [2.75, 3.05) is 15.5 Å². The molecule has 0 saturated carbocycles. The van der Waals surface area contributed by atoms with Crippen molar-refractivity contribution in [2.24, 2.45) is 0 Å². The molecule has 0 aliphatic carbocycles. The fourth-order valence-electron chi connectivity index (χ4n) is 2.89. The van der Waals surface area contributed by atoms with Crippen molar-refractivity contribution in [1.29, 1.82) is 0 Å². The molecule has 2 heterocycles. The molecule has 3 amide bonds. The minimum atomic E-state index is -0.825. The Hall–Kier alpha value is -3.56. The van der Waals surface area contributed by atoms with Crippen LogP contribution in [0, 0.1) is 12.7 Å². The van der Waals surface area contributed by atoms with Crippen molar-refractivity contribution >= 4 is 57.2 Å². The van der Waals surface area contributed by atoms with E-state index in [1.54, 1.807) is 24.3 Å². The zero-order chi connectivity index (χ0) is 22.1. The zero-order valence-electron chi connectivity index (χ0n) is 16.0. The molecule has 0 atom stereocenters. The number of amides is 3. The van der Waals surface area contributed by atoms with E-state index in [-0.39, 0.29) is 22.3 Å². The summed E-state index contributed by atoms with van der Waals surface area (Å²) in [5.74, 6) is -2.66. The lowest BCUT2D eigenvalue weighted by Crippen LogP contribution is -2.33. The third kappa shape index (κ3) is 4.05. The molecule has 0 saturated heterocycles. The highest BCUT2D eigenvalue weighted by Gasteiger charge is 2.40. The van der Waals surface area contributed by atoms with Crippen molar-refractivity contribution in [3.8, 4) is 0 Å². The summed E-state index contributed by atoms with van der Waals surface area (Å²) < 4.78 is 14.1. The second-order valence-corrected chi connectivity index (χ2v) is 7.77. The van der Waals surface area contributed by atoms with Crippen molar-refractivity contribution in [3.05, 3.63) is 81.7 Å². The van der Waals surface area contributed by atoms with Crippen LogP contribution in [0.25, 0.3) is 0 Å².